The summed E-state index contributed by atoms with van der Waals surface area (Å²) in [6, 6.07) is 11.8. The van der Waals surface area contributed by atoms with Crippen LogP contribution >= 0.6 is 0 Å². The van der Waals surface area contributed by atoms with Gasteiger partial charge in [-0.15, -0.1) is 10.2 Å². The second-order valence-electron chi connectivity index (χ2n) is 4.67. The summed E-state index contributed by atoms with van der Waals surface area (Å²) in [4.78, 5) is 11.1. The molecule has 0 radical (unpaired) electrons. The van der Waals surface area contributed by atoms with Crippen LogP contribution in [0.15, 0.2) is 36.4 Å². The van der Waals surface area contributed by atoms with Gasteiger partial charge in [-0.2, -0.15) is 0 Å². The highest BCUT2D eigenvalue weighted by atomic mass is 16.5. The molecule has 110 valence electrons. The largest absolute Gasteiger partial charge is 0.475 e. The minimum atomic E-state index is 0.0133. The second-order valence-corrected chi connectivity index (χ2v) is 4.67. The number of benzene rings is 1. The Morgan fingerprint density at radius 3 is 2.52 bits per heavy atom. The predicted molar refractivity (Wildman–Crippen MR) is 81.0 cm³/mol. The van der Waals surface area contributed by atoms with Crippen molar-refractivity contribution in [2.24, 2.45) is 0 Å². The van der Waals surface area contributed by atoms with Gasteiger partial charge < -0.3 is 10.1 Å². The van der Waals surface area contributed by atoms with Crippen molar-refractivity contribution in [2.75, 3.05) is 13.2 Å². The van der Waals surface area contributed by atoms with Crippen molar-refractivity contribution in [3.63, 3.8) is 0 Å². The van der Waals surface area contributed by atoms with Crippen LogP contribution in [-0.4, -0.2) is 29.3 Å². The standard InChI is InChI=1S/C16H19N3O2/c1-3-15(20)17-10-11-21-16-9-8-14(18-19-16)13-6-4-12(2)5-7-13/h4-9H,3,10-11H2,1-2H3,(H,17,20). The molecule has 0 atom stereocenters. The van der Waals surface area contributed by atoms with Gasteiger partial charge in [0.2, 0.25) is 11.8 Å². The number of aryl methyl sites for hydroxylation is 1. The Morgan fingerprint density at radius 1 is 1.14 bits per heavy atom. The predicted octanol–water partition coefficient (Wildman–Crippen LogP) is 2.36. The van der Waals surface area contributed by atoms with Gasteiger partial charge in [-0.3, -0.25) is 4.79 Å². The van der Waals surface area contributed by atoms with E-state index < -0.39 is 0 Å². The smallest absolute Gasteiger partial charge is 0.233 e. The van der Waals surface area contributed by atoms with Crippen LogP contribution in [0.3, 0.4) is 0 Å². The fourth-order valence-corrected chi connectivity index (χ4v) is 1.75. The molecule has 0 fully saturated rings. The molecule has 2 rings (SSSR count). The Balaban J connectivity index is 1.87. The summed E-state index contributed by atoms with van der Waals surface area (Å²) in [6.07, 6.45) is 0.477. The highest BCUT2D eigenvalue weighted by Crippen LogP contribution is 2.18. The van der Waals surface area contributed by atoms with Crippen molar-refractivity contribution < 1.29 is 9.53 Å². The third kappa shape index (κ3) is 4.56. The van der Waals surface area contributed by atoms with Crippen molar-refractivity contribution in [3.05, 3.63) is 42.0 Å². The molecule has 0 bridgehead atoms. The number of nitrogens with one attached hydrogen (secondary N) is 1. The zero-order chi connectivity index (χ0) is 15.1. The number of nitrogens with zero attached hydrogens (tertiary/aromatic N) is 2. The molecule has 1 N–H and O–H groups in total. The fourth-order valence-electron chi connectivity index (χ4n) is 1.75. The Kier molecular flexibility index (Phi) is 5.26. The summed E-state index contributed by atoms with van der Waals surface area (Å²) in [6.45, 7) is 4.70. The first-order chi connectivity index (χ1) is 10.2. The molecule has 2 aromatic rings. The first-order valence-corrected chi connectivity index (χ1v) is 6.99. The molecule has 0 aliphatic rings. The third-order valence-electron chi connectivity index (χ3n) is 2.98. The Hall–Kier alpha value is -2.43. The molecule has 21 heavy (non-hydrogen) atoms. The van der Waals surface area contributed by atoms with Crippen LogP contribution in [0.5, 0.6) is 5.88 Å². The highest BCUT2D eigenvalue weighted by Gasteiger charge is 2.02. The Bertz CT molecular complexity index is 579. The average molecular weight is 285 g/mol. The molecule has 0 unspecified atom stereocenters. The van der Waals surface area contributed by atoms with E-state index in [1.807, 2.05) is 44.2 Å². The Morgan fingerprint density at radius 2 is 1.90 bits per heavy atom. The van der Waals surface area contributed by atoms with Gasteiger partial charge in [0.1, 0.15) is 6.61 Å². The summed E-state index contributed by atoms with van der Waals surface area (Å²) in [7, 11) is 0. The summed E-state index contributed by atoms with van der Waals surface area (Å²) >= 11 is 0. The average Bonchev–Trinajstić information content (AvgIpc) is 2.52. The maximum atomic E-state index is 11.1. The van der Waals surface area contributed by atoms with E-state index in [0.29, 0.717) is 25.5 Å². The summed E-state index contributed by atoms with van der Waals surface area (Å²) in [5.41, 5.74) is 3.04. The lowest BCUT2D eigenvalue weighted by Gasteiger charge is -2.06. The molecule has 1 aromatic heterocycles. The van der Waals surface area contributed by atoms with Gasteiger partial charge in [-0.05, 0) is 13.0 Å². The molecule has 0 saturated heterocycles. The molecule has 0 aliphatic heterocycles. The zero-order valence-electron chi connectivity index (χ0n) is 12.3. The summed E-state index contributed by atoms with van der Waals surface area (Å²) in [5, 5.41) is 10.9. The van der Waals surface area contributed by atoms with Crippen LogP contribution in [0.25, 0.3) is 11.3 Å². The molecule has 0 aliphatic carbocycles. The SMILES string of the molecule is CCC(=O)NCCOc1ccc(-c2ccc(C)cc2)nn1. The monoisotopic (exact) mass is 285 g/mol. The van der Waals surface area contributed by atoms with Gasteiger partial charge in [-0.1, -0.05) is 36.8 Å². The van der Waals surface area contributed by atoms with Crippen molar-refractivity contribution in [2.45, 2.75) is 20.3 Å². The summed E-state index contributed by atoms with van der Waals surface area (Å²) < 4.78 is 5.42. The van der Waals surface area contributed by atoms with Crippen LogP contribution < -0.4 is 10.1 Å². The van der Waals surface area contributed by atoms with Gasteiger partial charge in [0.05, 0.1) is 12.2 Å². The van der Waals surface area contributed by atoms with Gasteiger partial charge in [0, 0.05) is 18.1 Å². The second kappa shape index (κ2) is 7.38. The molecule has 1 heterocycles. The van der Waals surface area contributed by atoms with Gasteiger partial charge in [-0.25, -0.2) is 0 Å². The lowest BCUT2D eigenvalue weighted by molar-refractivity contribution is -0.120. The van der Waals surface area contributed by atoms with E-state index in [4.69, 9.17) is 4.74 Å². The molecule has 1 amide bonds. The number of hydrogen-bond donors (Lipinski definition) is 1. The van der Waals surface area contributed by atoms with Crippen molar-refractivity contribution in [3.8, 4) is 17.1 Å². The molecular formula is C16H19N3O2. The van der Waals surface area contributed by atoms with Crippen LogP contribution in [0.2, 0.25) is 0 Å². The van der Waals surface area contributed by atoms with Crippen LogP contribution in [0.1, 0.15) is 18.9 Å². The van der Waals surface area contributed by atoms with Crippen LogP contribution in [0, 0.1) is 6.92 Å². The number of carbonyl (C=O) groups excluding carboxylic acids is 1. The van der Waals surface area contributed by atoms with E-state index in [1.165, 1.54) is 5.56 Å². The topological polar surface area (TPSA) is 64.1 Å². The number of carbonyl (C=O) groups is 1. The normalized spacial score (nSPS) is 10.2. The lowest BCUT2D eigenvalue weighted by atomic mass is 10.1. The first kappa shape index (κ1) is 15.0. The molecule has 0 saturated carbocycles. The van der Waals surface area contributed by atoms with Crippen LogP contribution in [-0.2, 0) is 4.79 Å². The lowest BCUT2D eigenvalue weighted by Crippen LogP contribution is -2.27. The van der Waals surface area contributed by atoms with E-state index in [-0.39, 0.29) is 5.91 Å². The van der Waals surface area contributed by atoms with E-state index >= 15 is 0 Å². The third-order valence-corrected chi connectivity index (χ3v) is 2.98. The quantitative estimate of drug-likeness (QED) is 0.828. The number of hydrogen-bond acceptors (Lipinski definition) is 4. The number of rotatable bonds is 6. The fraction of sp³-hybridized carbons (Fsp3) is 0.312. The highest BCUT2D eigenvalue weighted by molar-refractivity contribution is 5.75. The molecule has 1 aromatic carbocycles. The molecule has 0 spiro atoms. The maximum absolute atomic E-state index is 11.1. The van der Waals surface area contributed by atoms with E-state index in [0.717, 1.165) is 11.3 Å². The van der Waals surface area contributed by atoms with Crippen molar-refractivity contribution in [1.82, 2.24) is 15.5 Å². The number of amides is 1. The van der Waals surface area contributed by atoms with Gasteiger partial charge >= 0.3 is 0 Å². The maximum Gasteiger partial charge on any atom is 0.233 e. The van der Waals surface area contributed by atoms with E-state index in [9.17, 15) is 4.79 Å². The Labute approximate surface area is 124 Å². The first-order valence-electron chi connectivity index (χ1n) is 6.99. The van der Waals surface area contributed by atoms with Gasteiger partial charge in [0.25, 0.3) is 0 Å². The van der Waals surface area contributed by atoms with Gasteiger partial charge in [0.15, 0.2) is 0 Å². The minimum Gasteiger partial charge on any atom is -0.475 e. The number of aromatic nitrogens is 2. The molecule has 5 heteroatoms. The van der Waals surface area contributed by atoms with Crippen molar-refractivity contribution >= 4 is 5.91 Å². The van der Waals surface area contributed by atoms with Crippen LogP contribution in [0.4, 0.5) is 0 Å². The zero-order valence-corrected chi connectivity index (χ0v) is 12.3. The van der Waals surface area contributed by atoms with E-state index in [1.54, 1.807) is 6.07 Å². The minimum absolute atomic E-state index is 0.0133. The molecule has 5 nitrogen and oxygen atoms in total. The number of ether oxygens (including phenoxy) is 1. The van der Waals surface area contributed by atoms with Crippen molar-refractivity contribution in [1.29, 1.82) is 0 Å². The summed E-state index contributed by atoms with van der Waals surface area (Å²) in [5.74, 6) is 0.469. The van der Waals surface area contributed by atoms with E-state index in [2.05, 4.69) is 15.5 Å². The molecular weight excluding hydrogens is 266 g/mol.